The van der Waals surface area contributed by atoms with Crippen LogP contribution < -0.4 is 5.32 Å². The number of carbonyl (C=O) groups excluding carboxylic acids is 2. The Hall–Kier alpha value is -0.970. The van der Waals surface area contributed by atoms with Gasteiger partial charge >= 0.3 is 7.60 Å². The van der Waals surface area contributed by atoms with E-state index in [1.165, 1.54) is 19.9 Å². The van der Waals surface area contributed by atoms with Gasteiger partial charge in [-0.1, -0.05) is 6.08 Å². The Morgan fingerprint density at radius 1 is 1.35 bits per heavy atom. The van der Waals surface area contributed by atoms with Crippen LogP contribution in [0.2, 0.25) is 0 Å². The average Bonchev–Trinajstić information content (AvgIpc) is 2.26. The number of hydrogen-bond donors (Lipinski definition) is 1. The van der Waals surface area contributed by atoms with Crippen LogP contribution in [0.25, 0.3) is 0 Å². The first-order valence-electron chi connectivity index (χ1n) is 4.92. The Kier molecular flexibility index (Phi) is 5.75. The second-order valence-electron chi connectivity index (χ2n) is 3.45. The molecule has 1 amide bonds. The molecule has 7 heteroatoms. The van der Waals surface area contributed by atoms with Crippen molar-refractivity contribution in [1.82, 2.24) is 5.32 Å². The van der Waals surface area contributed by atoms with Crippen molar-refractivity contribution in [3.63, 3.8) is 0 Å². The van der Waals surface area contributed by atoms with Crippen LogP contribution >= 0.6 is 7.60 Å². The van der Waals surface area contributed by atoms with Crippen LogP contribution in [0.15, 0.2) is 12.7 Å². The highest BCUT2D eigenvalue weighted by atomic mass is 31.2. The first kappa shape index (κ1) is 16.0. The van der Waals surface area contributed by atoms with E-state index in [9.17, 15) is 14.2 Å². The van der Waals surface area contributed by atoms with Gasteiger partial charge in [-0.2, -0.15) is 0 Å². The molecule has 0 unspecified atom stereocenters. The molecule has 0 saturated heterocycles. The van der Waals surface area contributed by atoms with Gasteiger partial charge in [0.15, 0.2) is 5.78 Å². The lowest BCUT2D eigenvalue weighted by atomic mass is 10.1. The van der Waals surface area contributed by atoms with Crippen LogP contribution in [0.3, 0.4) is 0 Å². The SMILES string of the molecule is C=CC[C@@](NC(C)=O)(C(C)=O)P(=O)(OC)OC. The minimum Gasteiger partial charge on any atom is -0.333 e. The van der Waals surface area contributed by atoms with Crippen molar-refractivity contribution in [2.45, 2.75) is 25.5 Å². The maximum Gasteiger partial charge on any atom is 0.363 e. The number of carbonyl (C=O) groups is 2. The van der Waals surface area contributed by atoms with E-state index in [4.69, 9.17) is 9.05 Å². The highest BCUT2D eigenvalue weighted by Gasteiger charge is 2.54. The van der Waals surface area contributed by atoms with Crippen LogP contribution in [0.5, 0.6) is 0 Å². The van der Waals surface area contributed by atoms with Gasteiger partial charge in [-0.15, -0.1) is 6.58 Å². The van der Waals surface area contributed by atoms with E-state index < -0.39 is 24.6 Å². The number of amides is 1. The maximum absolute atomic E-state index is 12.4. The molecule has 6 nitrogen and oxygen atoms in total. The second kappa shape index (κ2) is 6.10. The smallest absolute Gasteiger partial charge is 0.333 e. The van der Waals surface area contributed by atoms with Crippen LogP contribution in [-0.2, 0) is 23.2 Å². The molecule has 1 N–H and O–H groups in total. The Bertz CT molecular complexity index is 360. The van der Waals surface area contributed by atoms with Gasteiger partial charge in [-0.3, -0.25) is 14.2 Å². The summed E-state index contributed by atoms with van der Waals surface area (Å²) in [5, 5.41) is 0.645. The fourth-order valence-electron chi connectivity index (χ4n) is 1.54. The van der Waals surface area contributed by atoms with E-state index in [1.807, 2.05) is 0 Å². The molecule has 0 aromatic heterocycles. The molecule has 0 rings (SSSR count). The topological polar surface area (TPSA) is 81.7 Å². The molecular weight excluding hydrogens is 245 g/mol. The third kappa shape index (κ3) is 3.03. The molecule has 98 valence electrons. The lowest BCUT2D eigenvalue weighted by Crippen LogP contribution is -2.52. The van der Waals surface area contributed by atoms with Gasteiger partial charge in [0.1, 0.15) is 0 Å². The summed E-state index contributed by atoms with van der Waals surface area (Å²) in [4.78, 5) is 22.9. The maximum atomic E-state index is 12.4. The normalized spacial score (nSPS) is 14.8. The third-order valence-corrected chi connectivity index (χ3v) is 4.86. The zero-order valence-corrected chi connectivity index (χ0v) is 11.4. The Labute approximate surface area is 101 Å². The summed E-state index contributed by atoms with van der Waals surface area (Å²) in [6.07, 6.45) is 1.34. The predicted octanol–water partition coefficient (Wildman–Crippen LogP) is 1.47. The number of ketones is 1. The molecule has 0 spiro atoms. The van der Waals surface area contributed by atoms with Gasteiger partial charge in [0.05, 0.1) is 0 Å². The van der Waals surface area contributed by atoms with Gasteiger partial charge < -0.3 is 14.4 Å². The van der Waals surface area contributed by atoms with Crippen molar-refractivity contribution in [3.05, 3.63) is 12.7 Å². The van der Waals surface area contributed by atoms with Gasteiger partial charge in [0.25, 0.3) is 0 Å². The minimum atomic E-state index is -3.80. The molecule has 17 heavy (non-hydrogen) atoms. The predicted molar refractivity (Wildman–Crippen MR) is 63.7 cm³/mol. The van der Waals surface area contributed by atoms with Crippen molar-refractivity contribution >= 4 is 19.3 Å². The molecule has 0 radical (unpaired) electrons. The van der Waals surface area contributed by atoms with E-state index in [2.05, 4.69) is 11.9 Å². The standard InChI is InChI=1S/C10H18NO5P/c1-6-7-10(8(2)12,11-9(3)13)17(14,15-4)16-5/h6H,1,7H2,2-5H3,(H,11,13)/t10-/m0/s1. The highest BCUT2D eigenvalue weighted by molar-refractivity contribution is 7.56. The molecule has 0 aromatic rings. The summed E-state index contributed by atoms with van der Waals surface area (Å²) in [7, 11) is -1.48. The van der Waals surface area contributed by atoms with Gasteiger partial charge in [0.2, 0.25) is 11.2 Å². The van der Waals surface area contributed by atoms with E-state index in [0.717, 1.165) is 14.2 Å². The zero-order chi connectivity index (χ0) is 13.7. The fraction of sp³-hybridized carbons (Fsp3) is 0.600. The molecule has 0 aliphatic rings. The van der Waals surface area contributed by atoms with Crippen LogP contribution in [0.4, 0.5) is 0 Å². The van der Waals surface area contributed by atoms with Crippen molar-refractivity contribution in [2.24, 2.45) is 0 Å². The van der Waals surface area contributed by atoms with E-state index >= 15 is 0 Å². The summed E-state index contributed by atoms with van der Waals surface area (Å²) < 4.78 is 22.0. The molecule has 0 saturated carbocycles. The quantitative estimate of drug-likeness (QED) is 0.555. The molecule has 0 aliphatic heterocycles. The summed E-state index contributed by atoms with van der Waals surface area (Å²) in [5.41, 5.74) is 0. The molecule has 1 atom stereocenters. The van der Waals surface area contributed by atoms with Crippen LogP contribution in [-0.4, -0.2) is 31.2 Å². The lowest BCUT2D eigenvalue weighted by molar-refractivity contribution is -0.127. The first-order chi connectivity index (χ1) is 7.79. The van der Waals surface area contributed by atoms with Gasteiger partial charge in [0, 0.05) is 27.6 Å². The van der Waals surface area contributed by atoms with Crippen molar-refractivity contribution in [2.75, 3.05) is 14.2 Å². The molecule has 0 aromatic carbocycles. The summed E-state index contributed by atoms with van der Waals surface area (Å²) in [5.74, 6) is -1.02. The molecule has 0 heterocycles. The Morgan fingerprint density at radius 2 is 1.82 bits per heavy atom. The highest BCUT2D eigenvalue weighted by Crippen LogP contribution is 2.59. The van der Waals surface area contributed by atoms with Gasteiger partial charge in [-0.25, -0.2) is 0 Å². The Balaban J connectivity index is 5.76. The first-order valence-corrected chi connectivity index (χ1v) is 6.46. The van der Waals surface area contributed by atoms with Crippen molar-refractivity contribution in [3.8, 4) is 0 Å². The minimum absolute atomic E-state index is 0.0408. The molecule has 0 fully saturated rings. The van der Waals surface area contributed by atoms with Gasteiger partial charge in [-0.05, 0) is 6.92 Å². The van der Waals surface area contributed by atoms with Crippen LogP contribution in [0.1, 0.15) is 20.3 Å². The summed E-state index contributed by atoms with van der Waals surface area (Å²) in [6.45, 7) is 5.91. The number of rotatable bonds is 7. The number of nitrogens with one attached hydrogen (secondary N) is 1. The van der Waals surface area contributed by atoms with Crippen molar-refractivity contribution in [1.29, 1.82) is 0 Å². The average molecular weight is 263 g/mol. The van der Waals surface area contributed by atoms with Crippen molar-refractivity contribution < 1.29 is 23.2 Å². The van der Waals surface area contributed by atoms with E-state index in [1.54, 1.807) is 0 Å². The van der Waals surface area contributed by atoms with Crippen LogP contribution in [0, 0.1) is 0 Å². The van der Waals surface area contributed by atoms with E-state index in [-0.39, 0.29) is 6.42 Å². The zero-order valence-electron chi connectivity index (χ0n) is 10.5. The monoisotopic (exact) mass is 263 g/mol. The Morgan fingerprint density at radius 3 is 2.06 bits per heavy atom. The third-order valence-electron chi connectivity index (χ3n) is 2.35. The number of hydrogen-bond acceptors (Lipinski definition) is 5. The molecule has 0 bridgehead atoms. The number of Topliss-reactive ketones (excluding diaryl/α,β-unsaturated/α-hetero) is 1. The molecule has 0 aliphatic carbocycles. The van der Waals surface area contributed by atoms with E-state index in [0.29, 0.717) is 0 Å². The second-order valence-corrected chi connectivity index (χ2v) is 5.94. The summed E-state index contributed by atoms with van der Waals surface area (Å²) >= 11 is 0. The lowest BCUT2D eigenvalue weighted by Gasteiger charge is -2.35. The fourth-order valence-corrected chi connectivity index (χ4v) is 3.35. The molecular formula is C10H18NO5P. The largest absolute Gasteiger partial charge is 0.363 e. The summed E-state index contributed by atoms with van der Waals surface area (Å²) in [6, 6.07) is 0.